The minimum Gasteiger partial charge on any atom is -0.446 e. The molecule has 0 bridgehead atoms. The predicted octanol–water partition coefficient (Wildman–Crippen LogP) is 8.48. The van der Waals surface area contributed by atoms with Gasteiger partial charge in [0.1, 0.15) is 6.10 Å². The van der Waals surface area contributed by atoms with Crippen LogP contribution in [0.3, 0.4) is 0 Å². The molecule has 0 radical (unpaired) electrons. The molecule has 0 aliphatic carbocycles. The molecule has 0 saturated carbocycles. The van der Waals surface area contributed by atoms with Gasteiger partial charge in [-0.15, -0.1) is 11.3 Å². The van der Waals surface area contributed by atoms with Gasteiger partial charge in [0.25, 0.3) is 5.91 Å². The highest BCUT2D eigenvalue weighted by molar-refractivity contribution is 7.14. The van der Waals surface area contributed by atoms with E-state index in [0.717, 1.165) is 106 Å². The molecule has 3 amide bonds. The molecule has 1 aliphatic heterocycles. The molecule has 2 heterocycles. The fourth-order valence-electron chi connectivity index (χ4n) is 6.71. The van der Waals surface area contributed by atoms with Crippen LogP contribution in [0.5, 0.6) is 0 Å². The van der Waals surface area contributed by atoms with Crippen LogP contribution in [0.4, 0.5) is 10.5 Å². The fraction of sp³-hybridized carbons (Fsp3) is 0.548. The number of benzene rings is 2. The highest BCUT2D eigenvalue weighted by Gasteiger charge is 2.24. The van der Waals surface area contributed by atoms with Crippen LogP contribution in [-0.2, 0) is 16.1 Å². The van der Waals surface area contributed by atoms with Gasteiger partial charge in [-0.25, -0.2) is 4.79 Å². The molecule has 0 unspecified atom stereocenters. The molecule has 1 saturated heterocycles. The van der Waals surface area contributed by atoms with Crippen molar-refractivity contribution in [1.29, 1.82) is 0 Å². The minimum absolute atomic E-state index is 0.105. The Morgan fingerprint density at radius 1 is 0.865 bits per heavy atom. The number of likely N-dealkylation sites (N-methyl/N-ethyl adjacent to an activating group) is 1. The van der Waals surface area contributed by atoms with Gasteiger partial charge in [0.15, 0.2) is 0 Å². The molecule has 1 aliphatic rings. The van der Waals surface area contributed by atoms with Crippen LogP contribution in [0.1, 0.15) is 87.2 Å². The van der Waals surface area contributed by atoms with Crippen LogP contribution < -0.4 is 5.32 Å². The Balaban J connectivity index is 1.11. The summed E-state index contributed by atoms with van der Waals surface area (Å²) in [5, 5.41) is 2.95. The van der Waals surface area contributed by atoms with Crippen molar-refractivity contribution in [3.63, 3.8) is 0 Å². The summed E-state index contributed by atoms with van der Waals surface area (Å²) < 4.78 is 5.80. The maximum Gasteiger partial charge on any atom is 0.411 e. The molecule has 4 rings (SSSR count). The van der Waals surface area contributed by atoms with E-state index in [-0.39, 0.29) is 23.3 Å². The zero-order valence-electron chi connectivity index (χ0n) is 32.4. The first kappa shape index (κ1) is 41.0. The summed E-state index contributed by atoms with van der Waals surface area (Å²) in [6, 6.07) is 21.8. The van der Waals surface area contributed by atoms with Crippen molar-refractivity contribution in [2.45, 2.75) is 85.3 Å². The third kappa shape index (κ3) is 13.7. The number of likely N-dealkylation sites (tertiary alicyclic amines) is 1. The van der Waals surface area contributed by atoms with Crippen molar-refractivity contribution in [3.05, 3.63) is 76.5 Å². The van der Waals surface area contributed by atoms with Crippen molar-refractivity contribution in [1.82, 2.24) is 19.6 Å². The van der Waals surface area contributed by atoms with Gasteiger partial charge in [-0.2, -0.15) is 0 Å². The van der Waals surface area contributed by atoms with E-state index >= 15 is 0 Å². The van der Waals surface area contributed by atoms with Crippen LogP contribution in [0.25, 0.3) is 11.1 Å². The summed E-state index contributed by atoms with van der Waals surface area (Å²) in [6.07, 6.45) is 5.46. The molecule has 2 aromatic carbocycles. The number of amides is 3. The Kier molecular flexibility index (Phi) is 16.2. The monoisotopic (exact) mass is 731 g/mol. The van der Waals surface area contributed by atoms with Gasteiger partial charge in [0.05, 0.1) is 10.6 Å². The first-order chi connectivity index (χ1) is 24.9. The molecule has 52 heavy (non-hydrogen) atoms. The maximum absolute atomic E-state index is 12.9. The highest BCUT2D eigenvalue weighted by Crippen LogP contribution is 2.28. The number of hydrogen-bond donors (Lipinski definition) is 1. The number of rotatable bonds is 18. The van der Waals surface area contributed by atoms with Gasteiger partial charge in [-0.3, -0.25) is 19.8 Å². The van der Waals surface area contributed by atoms with E-state index in [1.165, 1.54) is 4.88 Å². The van der Waals surface area contributed by atoms with Crippen molar-refractivity contribution in [3.8, 4) is 11.1 Å². The second-order valence-corrected chi connectivity index (χ2v) is 16.5. The van der Waals surface area contributed by atoms with E-state index in [1.807, 2.05) is 79.7 Å². The van der Waals surface area contributed by atoms with Crippen molar-refractivity contribution < 1.29 is 19.1 Å². The van der Waals surface area contributed by atoms with Gasteiger partial charge in [0, 0.05) is 76.8 Å². The van der Waals surface area contributed by atoms with E-state index < -0.39 is 6.09 Å². The largest absolute Gasteiger partial charge is 0.446 e. The van der Waals surface area contributed by atoms with Gasteiger partial charge >= 0.3 is 6.09 Å². The Bertz CT molecular complexity index is 1550. The molecule has 1 fully saturated rings. The molecular formula is C42H61N5O4S. The number of thiophene rings is 1. The first-order valence-electron chi connectivity index (χ1n) is 19.1. The van der Waals surface area contributed by atoms with E-state index in [2.05, 4.69) is 48.9 Å². The van der Waals surface area contributed by atoms with Crippen LogP contribution >= 0.6 is 11.3 Å². The highest BCUT2D eigenvalue weighted by atomic mass is 32.1. The molecule has 284 valence electrons. The number of unbranched alkanes of at least 4 members (excludes halogenated alkanes) is 2. The summed E-state index contributed by atoms with van der Waals surface area (Å²) in [7, 11) is 3.78. The fourth-order valence-corrected chi connectivity index (χ4v) is 7.75. The molecule has 10 heteroatoms. The first-order valence-corrected chi connectivity index (χ1v) is 19.9. The summed E-state index contributed by atoms with van der Waals surface area (Å²) in [5.41, 5.74) is 2.91. The molecule has 1 aromatic heterocycles. The van der Waals surface area contributed by atoms with E-state index in [1.54, 1.807) is 16.2 Å². The molecule has 1 N–H and O–H groups in total. The summed E-state index contributed by atoms with van der Waals surface area (Å²) in [4.78, 5) is 49.0. The third-order valence-corrected chi connectivity index (χ3v) is 10.5. The summed E-state index contributed by atoms with van der Waals surface area (Å²) in [6.45, 7) is 15.6. The molecule has 9 nitrogen and oxygen atoms in total. The van der Waals surface area contributed by atoms with E-state index in [4.69, 9.17) is 4.74 Å². The molecule has 0 spiro atoms. The number of anilines is 1. The predicted molar refractivity (Wildman–Crippen MR) is 214 cm³/mol. The van der Waals surface area contributed by atoms with E-state index in [9.17, 15) is 14.4 Å². The van der Waals surface area contributed by atoms with Gasteiger partial charge in [0.2, 0.25) is 5.91 Å². The zero-order chi connectivity index (χ0) is 37.5. The number of carbonyl (C=O) groups excluding carboxylic acids is 3. The standard InChI is InChI=1S/C42H61N5O4S/c1-7-25-45(6)40(49)38-22-21-35(52-38)31-47(32-42(2,3)4)26-15-9-12-20-39(48)44(5)29-30-46-27-23-34(24-28-46)51-41(50)43-37-19-14-13-18-36(37)33-16-10-8-11-17-33/h8,10-11,13-14,16-19,21-22,34H,7,9,12,15,20,23-32H2,1-6H3,(H,43,50). The van der Waals surface area contributed by atoms with Crippen LogP contribution in [-0.4, -0.2) is 104 Å². The normalized spacial score (nSPS) is 14.0. The minimum atomic E-state index is -0.422. The lowest BCUT2D eigenvalue weighted by Gasteiger charge is -2.32. The zero-order valence-corrected chi connectivity index (χ0v) is 33.2. The number of piperidine rings is 1. The van der Waals surface area contributed by atoms with Crippen LogP contribution in [0.15, 0.2) is 66.7 Å². The van der Waals surface area contributed by atoms with E-state index in [0.29, 0.717) is 13.0 Å². The quantitative estimate of drug-likeness (QED) is 0.132. The summed E-state index contributed by atoms with van der Waals surface area (Å²) in [5.74, 6) is 0.300. The summed E-state index contributed by atoms with van der Waals surface area (Å²) >= 11 is 1.61. The number of carbonyl (C=O) groups is 3. The Hall–Kier alpha value is -3.73. The van der Waals surface area contributed by atoms with Crippen LogP contribution in [0, 0.1) is 5.41 Å². The topological polar surface area (TPSA) is 85.4 Å². The van der Waals surface area contributed by atoms with Gasteiger partial charge < -0.3 is 19.4 Å². The van der Waals surface area contributed by atoms with Gasteiger partial charge in [-0.05, 0) is 67.8 Å². The smallest absolute Gasteiger partial charge is 0.411 e. The second kappa shape index (κ2) is 20.5. The number of ether oxygens (including phenoxy) is 1. The third-order valence-electron chi connectivity index (χ3n) is 9.45. The second-order valence-electron chi connectivity index (χ2n) is 15.4. The molecular weight excluding hydrogens is 671 g/mol. The van der Waals surface area contributed by atoms with Crippen molar-refractivity contribution >= 4 is 34.9 Å². The Morgan fingerprint density at radius 3 is 2.29 bits per heavy atom. The van der Waals surface area contributed by atoms with Crippen molar-refractivity contribution in [2.24, 2.45) is 5.41 Å². The molecule has 3 aromatic rings. The number of hydrogen-bond acceptors (Lipinski definition) is 7. The lowest BCUT2D eigenvalue weighted by atomic mass is 9.96. The lowest BCUT2D eigenvalue weighted by Crippen LogP contribution is -2.42. The van der Waals surface area contributed by atoms with Gasteiger partial charge in [-0.1, -0.05) is 82.6 Å². The SMILES string of the molecule is CCCN(C)C(=O)c1ccc(CN(CCCCCC(=O)N(C)CCN2CCC(OC(=O)Nc3ccccc3-c3ccccc3)CC2)CC(C)(C)C)s1. The lowest BCUT2D eigenvalue weighted by molar-refractivity contribution is -0.130. The Labute approximate surface area is 316 Å². The average Bonchev–Trinajstić information content (AvgIpc) is 3.59. The number of nitrogens with one attached hydrogen (secondary N) is 1. The number of nitrogens with zero attached hydrogens (tertiary/aromatic N) is 4. The Morgan fingerprint density at radius 2 is 1.58 bits per heavy atom. The average molecular weight is 732 g/mol. The number of para-hydroxylation sites is 1. The van der Waals surface area contributed by atoms with Crippen LogP contribution in [0.2, 0.25) is 0 Å². The maximum atomic E-state index is 12.9. The molecule has 0 atom stereocenters. The van der Waals surface area contributed by atoms with Crippen molar-refractivity contribution in [2.75, 3.05) is 65.2 Å².